The molecule has 0 unspecified atom stereocenters. The Hall–Kier alpha value is -2.80. The van der Waals surface area contributed by atoms with Crippen LogP contribution >= 0.6 is 0 Å². The zero-order chi connectivity index (χ0) is 18.7. The largest absolute Gasteiger partial charge is 0.206 e. The Kier molecular flexibility index (Phi) is 5.27. The zero-order valence-electron chi connectivity index (χ0n) is 14.5. The topological polar surface area (TPSA) is 23.8 Å². The van der Waals surface area contributed by atoms with Gasteiger partial charge in [0.25, 0.3) is 0 Å². The summed E-state index contributed by atoms with van der Waals surface area (Å²) in [4.78, 5) is 0. The van der Waals surface area contributed by atoms with Gasteiger partial charge in [-0.2, -0.15) is 5.26 Å². The van der Waals surface area contributed by atoms with Crippen molar-refractivity contribution < 1.29 is 13.2 Å². The molecule has 2 aromatic rings. The smallest absolute Gasteiger partial charge is 0.144 e. The van der Waals surface area contributed by atoms with Gasteiger partial charge in [-0.15, -0.1) is 0 Å². The molecule has 4 heteroatoms. The molecule has 0 aromatic heterocycles. The second-order valence-corrected chi connectivity index (χ2v) is 6.43. The second kappa shape index (κ2) is 7.61. The third-order valence-electron chi connectivity index (χ3n) is 4.55. The summed E-state index contributed by atoms with van der Waals surface area (Å²) in [5, 5.41) is 8.70. The number of hydrogen-bond donors (Lipinski definition) is 0. The molecular weight excluding hydrogens is 335 g/mol. The van der Waals surface area contributed by atoms with Crippen molar-refractivity contribution in [1.82, 2.24) is 0 Å². The fraction of sp³-hybridized carbons (Fsp3) is 0.227. The van der Waals surface area contributed by atoms with Gasteiger partial charge in [-0.1, -0.05) is 49.3 Å². The lowest BCUT2D eigenvalue weighted by Crippen LogP contribution is -1.92. The van der Waals surface area contributed by atoms with E-state index in [2.05, 4.69) is 6.92 Å². The molecule has 2 aromatic carbocycles. The van der Waals surface area contributed by atoms with E-state index < -0.39 is 17.2 Å². The summed E-state index contributed by atoms with van der Waals surface area (Å²) in [6.45, 7) is 2.13. The Morgan fingerprint density at radius 1 is 1.12 bits per heavy atom. The number of allylic oxidation sites excluding steroid dienone is 1. The van der Waals surface area contributed by atoms with E-state index in [4.69, 9.17) is 5.26 Å². The average Bonchev–Trinajstić information content (AvgIpc) is 3.03. The molecule has 0 spiro atoms. The minimum atomic E-state index is -0.926. The van der Waals surface area contributed by atoms with E-state index in [0.717, 1.165) is 43.4 Å². The standard InChI is InChI=1S/C22H18F3N/c1-2-3-4-14-9-17-8-7-16(22(25)18(17)10-14)6-5-15-11-20(23)19(13-26)21(24)12-15/h5-8,10-12H,2-4,9H2,1H3/b6-5+. The predicted octanol–water partition coefficient (Wildman–Crippen LogP) is 6.28. The number of unbranched alkanes of at least 4 members (excludes halogenated alkanes) is 1. The van der Waals surface area contributed by atoms with Gasteiger partial charge in [0.1, 0.15) is 29.1 Å². The summed E-state index contributed by atoms with van der Waals surface area (Å²) in [6, 6.07) is 7.18. The Morgan fingerprint density at radius 3 is 2.50 bits per heavy atom. The summed E-state index contributed by atoms with van der Waals surface area (Å²) < 4.78 is 42.1. The molecule has 3 rings (SSSR count). The number of halogens is 3. The monoisotopic (exact) mass is 353 g/mol. The second-order valence-electron chi connectivity index (χ2n) is 6.43. The van der Waals surface area contributed by atoms with E-state index in [0.29, 0.717) is 11.1 Å². The molecule has 0 N–H and O–H groups in total. The predicted molar refractivity (Wildman–Crippen MR) is 97.6 cm³/mol. The molecule has 0 heterocycles. The van der Waals surface area contributed by atoms with Crippen molar-refractivity contribution in [3.8, 4) is 6.07 Å². The third-order valence-corrected chi connectivity index (χ3v) is 4.55. The molecule has 0 radical (unpaired) electrons. The van der Waals surface area contributed by atoms with Crippen molar-refractivity contribution >= 4 is 18.2 Å². The van der Waals surface area contributed by atoms with Crippen molar-refractivity contribution in [2.45, 2.75) is 32.6 Å². The Morgan fingerprint density at radius 2 is 1.85 bits per heavy atom. The van der Waals surface area contributed by atoms with Crippen LogP contribution in [0.2, 0.25) is 0 Å². The maximum atomic E-state index is 14.8. The lowest BCUT2D eigenvalue weighted by atomic mass is 10.0. The van der Waals surface area contributed by atoms with Gasteiger partial charge >= 0.3 is 0 Å². The lowest BCUT2D eigenvalue weighted by Gasteiger charge is -2.04. The fourth-order valence-electron chi connectivity index (χ4n) is 3.13. The molecule has 0 fully saturated rings. The number of benzene rings is 2. The van der Waals surface area contributed by atoms with Crippen molar-refractivity contribution in [1.29, 1.82) is 5.26 Å². The zero-order valence-corrected chi connectivity index (χ0v) is 14.5. The third kappa shape index (κ3) is 3.57. The number of nitrogens with zero attached hydrogens (tertiary/aromatic N) is 1. The van der Waals surface area contributed by atoms with Gasteiger partial charge in [0.2, 0.25) is 0 Å². The van der Waals surface area contributed by atoms with Crippen LogP contribution in [0.15, 0.2) is 29.8 Å². The number of rotatable bonds is 5. The van der Waals surface area contributed by atoms with Crippen LogP contribution in [0.5, 0.6) is 0 Å². The van der Waals surface area contributed by atoms with Crippen LogP contribution < -0.4 is 0 Å². The highest BCUT2D eigenvalue weighted by Gasteiger charge is 2.17. The molecule has 132 valence electrons. The van der Waals surface area contributed by atoms with E-state index in [9.17, 15) is 13.2 Å². The quantitative estimate of drug-likeness (QED) is 0.581. The first-order valence-corrected chi connectivity index (χ1v) is 8.61. The normalized spacial score (nSPS) is 13.0. The van der Waals surface area contributed by atoms with Crippen LogP contribution in [-0.2, 0) is 6.42 Å². The Balaban J connectivity index is 1.87. The van der Waals surface area contributed by atoms with Crippen LogP contribution in [0.3, 0.4) is 0 Å². The molecule has 26 heavy (non-hydrogen) atoms. The molecule has 1 nitrogen and oxygen atoms in total. The van der Waals surface area contributed by atoms with Crippen LogP contribution in [0.4, 0.5) is 13.2 Å². The number of nitriles is 1. The van der Waals surface area contributed by atoms with Crippen LogP contribution in [0.1, 0.15) is 54.0 Å². The molecule has 1 aliphatic carbocycles. The molecular formula is C22H18F3N. The summed E-state index contributed by atoms with van der Waals surface area (Å²) >= 11 is 0. The van der Waals surface area contributed by atoms with Crippen LogP contribution in [-0.4, -0.2) is 0 Å². The summed E-state index contributed by atoms with van der Waals surface area (Å²) in [7, 11) is 0. The van der Waals surface area contributed by atoms with Crippen molar-refractivity contribution in [2.24, 2.45) is 0 Å². The van der Waals surface area contributed by atoms with Gasteiger partial charge < -0.3 is 0 Å². The van der Waals surface area contributed by atoms with Crippen LogP contribution in [0.25, 0.3) is 18.2 Å². The first kappa shape index (κ1) is 18.0. The maximum Gasteiger partial charge on any atom is 0.144 e. The highest BCUT2D eigenvalue weighted by atomic mass is 19.1. The van der Waals surface area contributed by atoms with E-state index in [1.54, 1.807) is 6.07 Å². The van der Waals surface area contributed by atoms with Gasteiger partial charge in [-0.05, 0) is 42.5 Å². The summed E-state index contributed by atoms with van der Waals surface area (Å²) in [5.74, 6) is -2.17. The first-order chi connectivity index (χ1) is 12.5. The van der Waals surface area contributed by atoms with Gasteiger partial charge in [0.05, 0.1) is 0 Å². The van der Waals surface area contributed by atoms with Crippen molar-refractivity contribution in [2.75, 3.05) is 0 Å². The maximum absolute atomic E-state index is 14.8. The highest BCUT2D eigenvalue weighted by molar-refractivity contribution is 5.74. The molecule has 0 aliphatic heterocycles. The van der Waals surface area contributed by atoms with Gasteiger partial charge in [-0.3, -0.25) is 0 Å². The minimum Gasteiger partial charge on any atom is -0.206 e. The average molecular weight is 353 g/mol. The van der Waals surface area contributed by atoms with Crippen molar-refractivity contribution in [3.05, 3.63) is 75.1 Å². The highest BCUT2D eigenvalue weighted by Crippen LogP contribution is 2.32. The first-order valence-electron chi connectivity index (χ1n) is 8.61. The van der Waals surface area contributed by atoms with E-state index in [-0.39, 0.29) is 11.4 Å². The number of hydrogen-bond acceptors (Lipinski definition) is 1. The van der Waals surface area contributed by atoms with Gasteiger partial charge in [0.15, 0.2) is 0 Å². The molecule has 0 bridgehead atoms. The van der Waals surface area contributed by atoms with Crippen LogP contribution in [0, 0.1) is 28.8 Å². The van der Waals surface area contributed by atoms with E-state index >= 15 is 0 Å². The molecule has 1 aliphatic rings. The molecule has 0 amide bonds. The number of fused-ring (bicyclic) bond motifs is 1. The van der Waals surface area contributed by atoms with E-state index in [1.807, 2.05) is 12.1 Å². The SMILES string of the molecule is CCCCC1=Cc2c(ccc(/C=C/c3cc(F)c(C#N)c(F)c3)c2F)C1. The fourth-order valence-corrected chi connectivity index (χ4v) is 3.13. The Labute approximate surface area is 151 Å². The van der Waals surface area contributed by atoms with Gasteiger partial charge in [0, 0.05) is 11.1 Å². The van der Waals surface area contributed by atoms with E-state index in [1.165, 1.54) is 23.8 Å². The molecule has 0 saturated heterocycles. The van der Waals surface area contributed by atoms with Gasteiger partial charge in [-0.25, -0.2) is 13.2 Å². The minimum absolute atomic E-state index is 0.234. The summed E-state index contributed by atoms with van der Waals surface area (Å²) in [6.07, 6.45) is 8.79. The Bertz CT molecular complexity index is 926. The summed E-state index contributed by atoms with van der Waals surface area (Å²) in [5.41, 5.74) is 2.80. The molecule has 0 saturated carbocycles. The lowest BCUT2D eigenvalue weighted by molar-refractivity contribution is 0.576. The van der Waals surface area contributed by atoms with Crippen molar-refractivity contribution in [3.63, 3.8) is 0 Å². The molecule has 0 atom stereocenters.